The van der Waals surface area contributed by atoms with E-state index in [2.05, 4.69) is 0 Å². The lowest BCUT2D eigenvalue weighted by Gasteiger charge is -1.98. The van der Waals surface area contributed by atoms with E-state index in [1.807, 2.05) is 4.20 Å². The third kappa shape index (κ3) is 1.34. The minimum absolute atomic E-state index is 0.368. The molecule has 0 bridgehead atoms. The van der Waals surface area contributed by atoms with Gasteiger partial charge in [-0.3, -0.25) is 0 Å². The molecule has 0 fully saturated rings. The maximum Gasteiger partial charge on any atom is 0.0674 e. The Morgan fingerprint density at radius 3 is 2.83 bits per heavy atom. The standard InChI is InChI=1S/C4H7IO/c1-2-5-4-6-3-1/h4H,1-3H2. The molecule has 0 aromatic heterocycles. The van der Waals surface area contributed by atoms with E-state index in [1.165, 1.54) is 10.8 Å². The largest absolute Gasteiger partial charge is 0.348 e. The second-order valence-electron chi connectivity index (χ2n) is 1.16. The Morgan fingerprint density at radius 1 is 1.67 bits per heavy atom. The SMILES string of the molecule is C1=ICCCO1. The molecule has 1 heterocycles. The monoisotopic (exact) mass is 198 g/mol. The molecule has 0 aromatic rings. The summed E-state index contributed by atoms with van der Waals surface area (Å²) in [4.78, 5) is 0. The number of alkyl halides is 1. The summed E-state index contributed by atoms with van der Waals surface area (Å²) in [6.07, 6.45) is 1.30. The molecule has 0 spiro atoms. The van der Waals surface area contributed by atoms with Crippen molar-refractivity contribution in [2.75, 3.05) is 11.0 Å². The van der Waals surface area contributed by atoms with Crippen molar-refractivity contribution in [3.8, 4) is 0 Å². The summed E-state index contributed by atoms with van der Waals surface area (Å²) < 4.78 is 8.43. The molecular formula is C4H7IO. The molecule has 0 radical (unpaired) electrons. The van der Waals surface area contributed by atoms with E-state index in [-0.39, 0.29) is 0 Å². The molecule has 6 heavy (non-hydrogen) atoms. The first-order valence-electron chi connectivity index (χ1n) is 2.01. The zero-order valence-electron chi connectivity index (χ0n) is 3.48. The zero-order valence-corrected chi connectivity index (χ0v) is 5.64. The predicted octanol–water partition coefficient (Wildman–Crippen LogP) is 1.14. The summed E-state index contributed by atoms with van der Waals surface area (Å²) in [5.74, 6) is 0. The fourth-order valence-corrected chi connectivity index (χ4v) is 1.86. The Bertz CT molecular complexity index is 52.6. The number of halogens is 1. The van der Waals surface area contributed by atoms with Crippen molar-refractivity contribution in [3.05, 3.63) is 0 Å². The van der Waals surface area contributed by atoms with Crippen LogP contribution in [0.2, 0.25) is 0 Å². The Balaban J connectivity index is 2.26. The van der Waals surface area contributed by atoms with E-state index in [0.29, 0.717) is 20.7 Å². The number of rotatable bonds is 0. The summed E-state index contributed by atoms with van der Waals surface area (Å²) in [5, 5.41) is 0. The van der Waals surface area contributed by atoms with Gasteiger partial charge in [-0.15, -0.1) is 0 Å². The molecule has 0 atom stereocenters. The molecule has 1 nitrogen and oxygen atoms in total. The predicted molar refractivity (Wildman–Crippen MR) is 35.5 cm³/mol. The van der Waals surface area contributed by atoms with E-state index in [0.717, 1.165) is 6.61 Å². The number of hydrogen-bond acceptors (Lipinski definition) is 1. The summed E-state index contributed by atoms with van der Waals surface area (Å²) >= 11 is 0.368. The molecule has 1 rings (SSSR count). The maximum atomic E-state index is 4.99. The third-order valence-electron chi connectivity index (χ3n) is 0.631. The Kier molecular flexibility index (Phi) is 2.11. The molecule has 0 saturated heterocycles. The first-order valence-corrected chi connectivity index (χ1v) is 4.78. The van der Waals surface area contributed by atoms with Crippen LogP contribution in [0.25, 0.3) is 0 Å². The van der Waals surface area contributed by atoms with E-state index < -0.39 is 0 Å². The Morgan fingerprint density at radius 2 is 2.67 bits per heavy atom. The average Bonchev–Trinajstić information content (AvgIpc) is 1.72. The quantitative estimate of drug-likeness (QED) is 0.418. The molecule has 0 saturated carbocycles. The lowest BCUT2D eigenvalue weighted by Crippen LogP contribution is -1.95. The van der Waals surface area contributed by atoms with Crippen LogP contribution in [-0.2, 0) is 4.74 Å². The van der Waals surface area contributed by atoms with Gasteiger partial charge in [0, 0.05) is 0 Å². The summed E-state index contributed by atoms with van der Waals surface area (Å²) in [6, 6.07) is 0. The smallest absolute Gasteiger partial charge is 0.0674 e. The Labute approximate surface area is 47.4 Å². The van der Waals surface area contributed by atoms with Gasteiger partial charge in [-0.05, 0) is 10.8 Å². The van der Waals surface area contributed by atoms with Crippen LogP contribution in [0.15, 0.2) is 0 Å². The van der Waals surface area contributed by atoms with Gasteiger partial charge in [0.1, 0.15) is 0 Å². The van der Waals surface area contributed by atoms with Crippen molar-refractivity contribution in [2.45, 2.75) is 6.42 Å². The molecular weight excluding hydrogens is 191 g/mol. The van der Waals surface area contributed by atoms with Gasteiger partial charge in [0.25, 0.3) is 0 Å². The molecule has 1 aliphatic heterocycles. The van der Waals surface area contributed by atoms with Gasteiger partial charge in [0.2, 0.25) is 0 Å². The minimum Gasteiger partial charge on any atom is -0.348 e. The lowest BCUT2D eigenvalue weighted by atomic mass is 10.5. The van der Waals surface area contributed by atoms with Crippen molar-refractivity contribution in [1.82, 2.24) is 0 Å². The fourth-order valence-electron chi connectivity index (χ4n) is 0.349. The van der Waals surface area contributed by atoms with Crippen LogP contribution in [0.3, 0.4) is 0 Å². The van der Waals surface area contributed by atoms with E-state index in [1.54, 1.807) is 0 Å². The first-order chi connectivity index (χ1) is 3.00. The summed E-state index contributed by atoms with van der Waals surface area (Å²) in [5.41, 5.74) is 0. The molecule has 2 heteroatoms. The van der Waals surface area contributed by atoms with Crippen LogP contribution in [-0.4, -0.2) is 15.2 Å². The van der Waals surface area contributed by atoms with Gasteiger partial charge < -0.3 is 4.74 Å². The summed E-state index contributed by atoms with van der Waals surface area (Å²) in [7, 11) is 0. The van der Waals surface area contributed by atoms with Crippen molar-refractivity contribution < 1.29 is 4.74 Å². The van der Waals surface area contributed by atoms with Gasteiger partial charge in [-0.2, -0.15) is 0 Å². The first kappa shape index (κ1) is 4.71. The molecule has 0 aromatic carbocycles. The molecule has 0 unspecified atom stereocenters. The van der Waals surface area contributed by atoms with Crippen LogP contribution < -0.4 is 0 Å². The van der Waals surface area contributed by atoms with E-state index in [9.17, 15) is 0 Å². The average molecular weight is 198 g/mol. The van der Waals surface area contributed by atoms with Crippen LogP contribution in [0.4, 0.5) is 0 Å². The second-order valence-corrected chi connectivity index (χ2v) is 3.62. The molecule has 1 aliphatic rings. The summed E-state index contributed by atoms with van der Waals surface area (Å²) in [6.45, 7) is 0.972. The van der Waals surface area contributed by atoms with Crippen LogP contribution in [0, 0.1) is 0 Å². The number of ether oxygens (including phenoxy) is 1. The maximum absolute atomic E-state index is 4.99. The van der Waals surface area contributed by atoms with Gasteiger partial charge in [-0.25, -0.2) is 0 Å². The van der Waals surface area contributed by atoms with Crippen molar-refractivity contribution in [3.63, 3.8) is 0 Å². The van der Waals surface area contributed by atoms with Gasteiger partial charge in [0.15, 0.2) is 0 Å². The topological polar surface area (TPSA) is 9.23 Å². The highest BCUT2D eigenvalue weighted by molar-refractivity contribution is 14.2. The highest BCUT2D eigenvalue weighted by atomic mass is 127. The van der Waals surface area contributed by atoms with Gasteiger partial charge in [0.05, 0.1) is 10.8 Å². The van der Waals surface area contributed by atoms with Crippen molar-refractivity contribution >= 4 is 24.9 Å². The molecule has 0 amide bonds. The third-order valence-corrected chi connectivity index (χ3v) is 2.74. The molecule has 0 aliphatic carbocycles. The lowest BCUT2D eigenvalue weighted by molar-refractivity contribution is 0.328. The van der Waals surface area contributed by atoms with Gasteiger partial charge in [-0.1, -0.05) is 20.7 Å². The Hall–Kier alpha value is 0.560. The highest BCUT2D eigenvalue weighted by Crippen LogP contribution is 2.02. The minimum atomic E-state index is 0.368. The van der Waals surface area contributed by atoms with Crippen molar-refractivity contribution in [2.24, 2.45) is 0 Å². The molecule has 0 N–H and O–H groups in total. The zero-order chi connectivity index (χ0) is 4.24. The van der Waals surface area contributed by atoms with E-state index in [4.69, 9.17) is 4.74 Å². The van der Waals surface area contributed by atoms with Crippen molar-refractivity contribution in [1.29, 1.82) is 0 Å². The molecule has 36 valence electrons. The second kappa shape index (κ2) is 2.69. The normalized spacial score (nSPS) is 22.7. The van der Waals surface area contributed by atoms with Crippen LogP contribution in [0.5, 0.6) is 0 Å². The van der Waals surface area contributed by atoms with E-state index >= 15 is 0 Å². The number of hydrogen-bond donors (Lipinski definition) is 0. The van der Waals surface area contributed by atoms with Crippen LogP contribution >= 0.6 is 20.7 Å². The fraction of sp³-hybridized carbons (Fsp3) is 0.750. The highest BCUT2D eigenvalue weighted by Gasteiger charge is 1.87. The van der Waals surface area contributed by atoms with Gasteiger partial charge >= 0.3 is 0 Å². The van der Waals surface area contributed by atoms with Crippen LogP contribution in [0.1, 0.15) is 6.42 Å².